The first-order valence-corrected chi connectivity index (χ1v) is 6.40. The maximum Gasteiger partial charge on any atom is 0.128 e. The van der Waals surface area contributed by atoms with E-state index in [9.17, 15) is 9.50 Å². The number of hydrogen-bond donors (Lipinski definition) is 2. The molecular formula is C14H22FNO2. The summed E-state index contributed by atoms with van der Waals surface area (Å²) in [4.78, 5) is 0. The van der Waals surface area contributed by atoms with E-state index in [-0.39, 0.29) is 5.82 Å². The lowest BCUT2D eigenvalue weighted by molar-refractivity contribution is 0.0421. The van der Waals surface area contributed by atoms with Crippen LogP contribution in [0, 0.1) is 12.7 Å². The molecule has 1 atom stereocenters. The van der Waals surface area contributed by atoms with Crippen molar-refractivity contribution in [2.24, 2.45) is 0 Å². The summed E-state index contributed by atoms with van der Waals surface area (Å²) >= 11 is 0. The highest BCUT2D eigenvalue weighted by Crippen LogP contribution is 2.17. The van der Waals surface area contributed by atoms with Crippen molar-refractivity contribution in [1.82, 2.24) is 0 Å². The number of nitrogens with one attached hydrogen (secondary N) is 1. The highest BCUT2D eigenvalue weighted by molar-refractivity contribution is 5.50. The van der Waals surface area contributed by atoms with Gasteiger partial charge >= 0.3 is 0 Å². The Labute approximate surface area is 108 Å². The zero-order valence-corrected chi connectivity index (χ0v) is 11.1. The second-order valence-electron chi connectivity index (χ2n) is 4.38. The zero-order valence-electron chi connectivity index (χ0n) is 11.1. The summed E-state index contributed by atoms with van der Waals surface area (Å²) in [6.07, 6.45) is 1.50. The lowest BCUT2D eigenvalue weighted by Gasteiger charge is -2.14. The van der Waals surface area contributed by atoms with Crippen LogP contribution in [0.3, 0.4) is 0 Å². The predicted molar refractivity (Wildman–Crippen MR) is 71.4 cm³/mol. The average Bonchev–Trinajstić information content (AvgIpc) is 2.36. The number of hydrogen-bond acceptors (Lipinski definition) is 3. The fourth-order valence-corrected chi connectivity index (χ4v) is 1.55. The quantitative estimate of drug-likeness (QED) is 0.702. The highest BCUT2D eigenvalue weighted by atomic mass is 19.1. The molecule has 0 bridgehead atoms. The topological polar surface area (TPSA) is 41.5 Å². The van der Waals surface area contributed by atoms with E-state index >= 15 is 0 Å². The van der Waals surface area contributed by atoms with Crippen molar-refractivity contribution in [2.45, 2.75) is 32.8 Å². The summed E-state index contributed by atoms with van der Waals surface area (Å²) in [5.74, 6) is -0.242. The van der Waals surface area contributed by atoms with Gasteiger partial charge in [-0.2, -0.15) is 0 Å². The Hall–Kier alpha value is -1.13. The van der Waals surface area contributed by atoms with Gasteiger partial charge in [0.1, 0.15) is 5.82 Å². The van der Waals surface area contributed by atoms with E-state index in [2.05, 4.69) is 12.2 Å². The van der Waals surface area contributed by atoms with Gasteiger partial charge < -0.3 is 15.2 Å². The molecule has 2 N–H and O–H groups in total. The van der Waals surface area contributed by atoms with Crippen LogP contribution in [0.2, 0.25) is 0 Å². The van der Waals surface area contributed by atoms with Crippen LogP contribution >= 0.6 is 0 Å². The third-order valence-electron chi connectivity index (χ3n) is 2.75. The first-order valence-electron chi connectivity index (χ1n) is 6.40. The van der Waals surface area contributed by atoms with E-state index < -0.39 is 6.10 Å². The van der Waals surface area contributed by atoms with Gasteiger partial charge in [0, 0.05) is 24.4 Å². The van der Waals surface area contributed by atoms with Crippen LogP contribution in [0.4, 0.5) is 10.1 Å². The molecule has 0 heterocycles. The molecule has 0 fully saturated rings. The summed E-state index contributed by atoms with van der Waals surface area (Å²) in [7, 11) is 0. The number of aliphatic hydroxyl groups is 1. The maximum absolute atomic E-state index is 13.3. The van der Waals surface area contributed by atoms with Gasteiger partial charge in [0.05, 0.1) is 12.7 Å². The van der Waals surface area contributed by atoms with Crippen molar-refractivity contribution in [3.05, 3.63) is 29.6 Å². The molecule has 18 heavy (non-hydrogen) atoms. The number of ether oxygens (including phenoxy) is 1. The molecule has 0 spiro atoms. The second kappa shape index (κ2) is 8.06. The molecule has 0 aliphatic carbocycles. The Kier molecular flexibility index (Phi) is 6.68. The molecule has 4 heteroatoms. The summed E-state index contributed by atoms with van der Waals surface area (Å²) < 4.78 is 18.6. The van der Waals surface area contributed by atoms with Gasteiger partial charge in [-0.1, -0.05) is 19.4 Å². The second-order valence-corrected chi connectivity index (χ2v) is 4.38. The van der Waals surface area contributed by atoms with Crippen molar-refractivity contribution in [2.75, 3.05) is 25.1 Å². The average molecular weight is 255 g/mol. The normalized spacial score (nSPS) is 12.4. The predicted octanol–water partition coefficient (Wildman–Crippen LogP) is 2.72. The number of aliphatic hydroxyl groups excluding tert-OH is 1. The van der Waals surface area contributed by atoms with Gasteiger partial charge in [-0.25, -0.2) is 4.39 Å². The molecule has 1 aromatic carbocycles. The van der Waals surface area contributed by atoms with Gasteiger partial charge in [-0.3, -0.25) is 0 Å². The van der Waals surface area contributed by atoms with Gasteiger partial charge in [0.25, 0.3) is 0 Å². The molecule has 1 aromatic rings. The zero-order chi connectivity index (χ0) is 13.4. The first kappa shape index (κ1) is 14.9. The van der Waals surface area contributed by atoms with Crippen LogP contribution in [0.1, 0.15) is 25.3 Å². The van der Waals surface area contributed by atoms with Crippen molar-refractivity contribution in [3.63, 3.8) is 0 Å². The number of benzene rings is 1. The Morgan fingerprint density at radius 2 is 2.22 bits per heavy atom. The Morgan fingerprint density at radius 1 is 1.44 bits per heavy atom. The molecule has 0 aliphatic heterocycles. The van der Waals surface area contributed by atoms with E-state index in [0.29, 0.717) is 31.0 Å². The van der Waals surface area contributed by atoms with Crippen molar-refractivity contribution >= 4 is 5.69 Å². The number of anilines is 1. The maximum atomic E-state index is 13.3. The SMILES string of the molecule is CCCCOCC(O)CNc1cccc(F)c1C. The van der Waals surface area contributed by atoms with Gasteiger partial charge in [0.2, 0.25) is 0 Å². The molecule has 0 aliphatic rings. The number of unbranched alkanes of at least 4 members (excludes halogenated alkanes) is 1. The monoisotopic (exact) mass is 255 g/mol. The largest absolute Gasteiger partial charge is 0.389 e. The molecule has 0 aromatic heterocycles. The van der Waals surface area contributed by atoms with Crippen LogP contribution in [0.25, 0.3) is 0 Å². The van der Waals surface area contributed by atoms with Crippen LogP contribution in [0.5, 0.6) is 0 Å². The smallest absolute Gasteiger partial charge is 0.128 e. The van der Waals surface area contributed by atoms with E-state index in [1.54, 1.807) is 19.1 Å². The molecule has 3 nitrogen and oxygen atoms in total. The summed E-state index contributed by atoms with van der Waals surface area (Å²) in [6, 6.07) is 4.86. The molecular weight excluding hydrogens is 233 g/mol. The van der Waals surface area contributed by atoms with Crippen LogP contribution in [0.15, 0.2) is 18.2 Å². The molecule has 102 valence electrons. The molecule has 1 rings (SSSR count). The summed E-state index contributed by atoms with van der Waals surface area (Å²) in [5, 5.41) is 12.7. The lowest BCUT2D eigenvalue weighted by atomic mass is 10.2. The molecule has 1 unspecified atom stereocenters. The molecule has 0 saturated heterocycles. The van der Waals surface area contributed by atoms with Gasteiger partial charge in [-0.15, -0.1) is 0 Å². The van der Waals surface area contributed by atoms with E-state index in [1.165, 1.54) is 6.07 Å². The number of halogens is 1. The van der Waals surface area contributed by atoms with Crippen molar-refractivity contribution < 1.29 is 14.2 Å². The van der Waals surface area contributed by atoms with Crippen LogP contribution in [-0.4, -0.2) is 31.0 Å². The van der Waals surface area contributed by atoms with E-state index in [0.717, 1.165) is 12.8 Å². The van der Waals surface area contributed by atoms with Gasteiger partial charge in [0.15, 0.2) is 0 Å². The van der Waals surface area contributed by atoms with Crippen LogP contribution in [-0.2, 0) is 4.74 Å². The summed E-state index contributed by atoms with van der Waals surface area (Å²) in [5.41, 5.74) is 1.28. The fraction of sp³-hybridized carbons (Fsp3) is 0.571. The fourth-order valence-electron chi connectivity index (χ4n) is 1.55. The van der Waals surface area contributed by atoms with E-state index in [4.69, 9.17) is 4.74 Å². The molecule has 0 radical (unpaired) electrons. The third kappa shape index (κ3) is 5.02. The lowest BCUT2D eigenvalue weighted by Crippen LogP contribution is -2.25. The minimum Gasteiger partial charge on any atom is -0.389 e. The van der Waals surface area contributed by atoms with Gasteiger partial charge in [-0.05, 0) is 25.5 Å². The Morgan fingerprint density at radius 3 is 2.94 bits per heavy atom. The molecule has 0 saturated carbocycles. The minimum atomic E-state index is -0.579. The van der Waals surface area contributed by atoms with Crippen molar-refractivity contribution in [1.29, 1.82) is 0 Å². The highest BCUT2D eigenvalue weighted by Gasteiger charge is 2.07. The third-order valence-corrected chi connectivity index (χ3v) is 2.75. The Bertz CT molecular complexity index is 358. The molecule has 0 amide bonds. The minimum absolute atomic E-state index is 0.242. The standard InChI is InChI=1S/C14H22FNO2/c1-3-4-8-18-10-12(17)9-16-14-7-5-6-13(15)11(14)2/h5-7,12,16-17H,3-4,8-10H2,1-2H3. The summed E-state index contributed by atoms with van der Waals surface area (Å²) in [6.45, 7) is 5.14. The van der Waals surface area contributed by atoms with Crippen LogP contribution < -0.4 is 5.32 Å². The van der Waals surface area contributed by atoms with Crippen molar-refractivity contribution in [3.8, 4) is 0 Å². The first-order chi connectivity index (χ1) is 8.65. The number of rotatable bonds is 8. The Balaban J connectivity index is 2.29. The van der Waals surface area contributed by atoms with E-state index in [1.807, 2.05) is 0 Å².